The SMILES string of the molecule is O=S(=O)(O)O.O=[Si](O)O.[AlH3].[Ca+2].[H-].[H-].[H-].[H-].[K+].[Na+]. The Balaban J connectivity index is -0.00000000494. The summed E-state index contributed by atoms with van der Waals surface area (Å²) in [6, 6.07) is 0. The maximum absolute atomic E-state index is 8.74. The van der Waals surface area contributed by atoms with Crippen molar-refractivity contribution >= 4 is 74.7 Å². The summed E-state index contributed by atoms with van der Waals surface area (Å²) in [4.78, 5) is 14.3. The van der Waals surface area contributed by atoms with Crippen molar-refractivity contribution in [3.63, 3.8) is 0 Å². The van der Waals surface area contributed by atoms with E-state index >= 15 is 0 Å². The number of hydrogen-bond donors (Lipinski definition) is 4. The molecule has 13 heavy (non-hydrogen) atoms. The van der Waals surface area contributed by atoms with Crippen molar-refractivity contribution in [1.29, 1.82) is 0 Å². The summed E-state index contributed by atoms with van der Waals surface area (Å²) in [6.07, 6.45) is 0. The van der Waals surface area contributed by atoms with Crippen LogP contribution in [0.15, 0.2) is 0 Å². The van der Waals surface area contributed by atoms with Crippen LogP contribution in [0.25, 0.3) is 0 Å². The van der Waals surface area contributed by atoms with E-state index in [1.807, 2.05) is 0 Å². The first-order chi connectivity index (χ1) is 3.73. The molecular formula is H11AlCaKNaO7SSi. The topological polar surface area (TPSA) is 132 Å². The van der Waals surface area contributed by atoms with E-state index < -0.39 is 19.6 Å². The molecule has 0 aromatic carbocycles. The molecule has 0 aromatic heterocycles. The predicted molar refractivity (Wildman–Crippen MR) is 45.2 cm³/mol. The zero-order valence-corrected chi connectivity index (χ0v) is 15.8. The van der Waals surface area contributed by atoms with Crippen molar-refractivity contribution in [3.05, 3.63) is 0 Å². The van der Waals surface area contributed by atoms with Gasteiger partial charge in [0.25, 0.3) is 0 Å². The minimum Gasteiger partial charge on any atom is -1.00 e. The first-order valence-electron chi connectivity index (χ1n) is 1.35. The molecule has 4 N–H and O–H groups in total. The maximum Gasteiger partial charge on any atom is 2.00 e. The van der Waals surface area contributed by atoms with Crippen molar-refractivity contribution in [2.75, 3.05) is 0 Å². The minimum absolute atomic E-state index is 0. The molecule has 0 atom stereocenters. The van der Waals surface area contributed by atoms with Crippen LogP contribution in [0.4, 0.5) is 0 Å². The first-order valence-corrected chi connectivity index (χ1v) is 4.05. The second-order valence-electron chi connectivity index (χ2n) is 0.730. The molecule has 0 spiro atoms. The van der Waals surface area contributed by atoms with Crippen LogP contribution < -0.4 is 80.9 Å². The standard InChI is InChI=1S/Al.Ca.K.Na.H2O4S.H2O3Si.7H/c;;;;1-5(2,3)4;1-4(2)3;;;;;;;/h;;;;(H2,1,2,3,4);1-2H;;;;;;;/q;+2;2*+1;;;;;;4*-1. The van der Waals surface area contributed by atoms with Gasteiger partial charge in [0, 0.05) is 0 Å². The van der Waals surface area contributed by atoms with Crippen molar-refractivity contribution in [2.24, 2.45) is 0 Å². The Morgan fingerprint density at radius 3 is 1.15 bits per heavy atom. The van der Waals surface area contributed by atoms with Crippen LogP contribution >= 0.6 is 0 Å². The van der Waals surface area contributed by atoms with Crippen LogP contribution in [0.3, 0.4) is 0 Å². The molecule has 0 saturated heterocycles. The Hall–Kier alpha value is 3.92. The fourth-order valence-corrected chi connectivity index (χ4v) is 0. The Morgan fingerprint density at radius 1 is 1.15 bits per heavy atom. The molecule has 0 aliphatic rings. The second-order valence-corrected chi connectivity index (χ2v) is 2.19. The van der Waals surface area contributed by atoms with Gasteiger partial charge < -0.3 is 15.3 Å². The summed E-state index contributed by atoms with van der Waals surface area (Å²) < 4.78 is 40.3. The molecule has 0 heterocycles. The molecule has 70 valence electrons. The molecule has 0 fully saturated rings. The van der Waals surface area contributed by atoms with Gasteiger partial charge in [0.15, 0.2) is 17.4 Å². The molecule has 7 nitrogen and oxygen atoms in total. The summed E-state index contributed by atoms with van der Waals surface area (Å²) in [6.45, 7) is 0. The van der Waals surface area contributed by atoms with Crippen LogP contribution in [0.2, 0.25) is 0 Å². The maximum atomic E-state index is 8.74. The largest absolute Gasteiger partial charge is 2.00 e. The van der Waals surface area contributed by atoms with E-state index in [0.29, 0.717) is 0 Å². The molecule has 13 heteroatoms. The van der Waals surface area contributed by atoms with E-state index in [4.69, 9.17) is 31.6 Å². The Bertz CT molecular complexity index is 184. The molecule has 0 amide bonds. The van der Waals surface area contributed by atoms with Gasteiger partial charge in [0.1, 0.15) is 0 Å². The van der Waals surface area contributed by atoms with Crippen molar-refractivity contribution in [1.82, 2.24) is 0 Å². The van der Waals surface area contributed by atoms with E-state index in [-0.39, 0.29) is 142 Å². The molecule has 0 saturated carbocycles. The van der Waals surface area contributed by atoms with E-state index in [0.717, 1.165) is 0 Å². The van der Waals surface area contributed by atoms with Gasteiger partial charge in [0.2, 0.25) is 0 Å². The monoisotopic (exact) mass is 312 g/mol. The Kier molecular flexibility index (Phi) is 58.7. The molecule has 0 unspecified atom stereocenters. The molecule has 0 radical (unpaired) electrons. The van der Waals surface area contributed by atoms with Gasteiger partial charge in [-0.1, -0.05) is 0 Å². The van der Waals surface area contributed by atoms with E-state index in [1.165, 1.54) is 0 Å². The molecule has 0 bridgehead atoms. The minimum atomic E-state index is -4.67. The molecule has 0 aliphatic carbocycles. The molecule has 0 aliphatic heterocycles. The zero-order chi connectivity index (χ0) is 8.08. The second kappa shape index (κ2) is 21.2. The third-order valence-electron chi connectivity index (χ3n) is 0. The normalized spacial score (nSPS) is 6.31. The average Bonchev–Trinajstić information content (AvgIpc) is 1.19. The first kappa shape index (κ1) is 36.0. The summed E-state index contributed by atoms with van der Waals surface area (Å²) >= 11 is 0. The van der Waals surface area contributed by atoms with Crippen molar-refractivity contribution in [2.45, 2.75) is 0 Å². The summed E-state index contributed by atoms with van der Waals surface area (Å²) in [5.74, 6) is 0. The van der Waals surface area contributed by atoms with Crippen LogP contribution in [0, 0.1) is 0 Å². The van der Waals surface area contributed by atoms with E-state index in [9.17, 15) is 0 Å². The van der Waals surface area contributed by atoms with Gasteiger partial charge in [-0.15, -0.1) is 0 Å². The fraction of sp³-hybridized carbons (Fsp3) is 0. The summed E-state index contributed by atoms with van der Waals surface area (Å²) in [7, 11) is -7.80. The van der Waals surface area contributed by atoms with Crippen LogP contribution in [-0.2, 0) is 14.9 Å². The molecular weight excluding hydrogens is 301 g/mol. The third-order valence-corrected chi connectivity index (χ3v) is 0. The molecule has 0 rings (SSSR count). The van der Waals surface area contributed by atoms with Crippen molar-refractivity contribution in [3.8, 4) is 0 Å². The summed E-state index contributed by atoms with van der Waals surface area (Å²) in [5.41, 5.74) is 0. The van der Waals surface area contributed by atoms with E-state index in [2.05, 4.69) is 0 Å². The van der Waals surface area contributed by atoms with Crippen LogP contribution in [0.1, 0.15) is 5.71 Å². The number of hydrogen-bond acceptors (Lipinski definition) is 3. The smallest absolute Gasteiger partial charge is 1.00 e. The Labute approximate surface area is 188 Å². The van der Waals surface area contributed by atoms with Gasteiger partial charge in [-0.2, -0.15) is 8.42 Å². The van der Waals surface area contributed by atoms with E-state index in [1.54, 1.807) is 0 Å². The third kappa shape index (κ3) is 201. The van der Waals surface area contributed by atoms with Gasteiger partial charge in [-0.3, -0.25) is 13.6 Å². The quantitative estimate of drug-likeness (QED) is 0.258. The Morgan fingerprint density at radius 2 is 1.15 bits per heavy atom. The predicted octanol–water partition coefficient (Wildman–Crippen LogP) is -9.37. The van der Waals surface area contributed by atoms with Gasteiger partial charge in [0.05, 0.1) is 0 Å². The van der Waals surface area contributed by atoms with Crippen LogP contribution in [-0.4, -0.2) is 91.4 Å². The van der Waals surface area contributed by atoms with Gasteiger partial charge in [-0.05, 0) is 0 Å². The van der Waals surface area contributed by atoms with Crippen molar-refractivity contribution < 1.29 is 118 Å². The average molecular weight is 312 g/mol. The molecule has 0 aromatic rings. The van der Waals surface area contributed by atoms with Gasteiger partial charge >= 0.3 is 138 Å². The number of rotatable bonds is 0. The summed E-state index contributed by atoms with van der Waals surface area (Å²) in [5, 5.41) is 0. The van der Waals surface area contributed by atoms with Gasteiger partial charge in [-0.25, -0.2) is 0 Å². The fourth-order valence-electron chi connectivity index (χ4n) is 0. The van der Waals surface area contributed by atoms with Crippen LogP contribution in [0.5, 0.6) is 0 Å². The zero-order valence-electron chi connectivity index (χ0n) is 10.6.